The molecule has 3 aliphatic rings. The zero-order valence-electron chi connectivity index (χ0n) is 25.2. The molecule has 4 atom stereocenters. The molecule has 222 valence electrons. The number of hydrogen-bond acceptors (Lipinski definition) is 5. The highest BCUT2D eigenvalue weighted by Gasteiger charge is 2.57. The van der Waals surface area contributed by atoms with E-state index in [1.807, 2.05) is 49.4 Å². The van der Waals surface area contributed by atoms with Crippen LogP contribution in [0.15, 0.2) is 60.2 Å². The standard InChI is InChI=1S/C35H47NO5/c1-5-21-36(33(39)41-6-2)24-35(40)20-18-31-29-17-15-26(23-30(29)32(38)27-12-8-7-9-13-27)22-28(37)16-14-25(3)11-10-19-34(31,35)4/h7-9,11-13,15,17,23,28,31,37,40H,5-6,10,14,16,18-22,24H2,1-4H3/t28-,31-,34-,35+/m0/s1. The average molecular weight is 562 g/mol. The molecule has 2 bridgehead atoms. The molecule has 0 radical (unpaired) electrons. The fourth-order valence-electron chi connectivity index (χ4n) is 6.98. The van der Waals surface area contributed by atoms with Crippen molar-refractivity contribution in [1.82, 2.24) is 4.90 Å². The van der Waals surface area contributed by atoms with Crippen LogP contribution in [0.25, 0.3) is 0 Å². The second-order valence-electron chi connectivity index (χ2n) is 12.3. The first-order valence-corrected chi connectivity index (χ1v) is 15.3. The third-order valence-electron chi connectivity index (χ3n) is 9.42. The molecular formula is C35H47NO5. The molecule has 0 unspecified atom stereocenters. The van der Waals surface area contributed by atoms with Crippen molar-refractivity contribution in [2.75, 3.05) is 19.7 Å². The molecule has 41 heavy (non-hydrogen) atoms. The molecule has 2 aromatic carbocycles. The van der Waals surface area contributed by atoms with Gasteiger partial charge in [-0.3, -0.25) is 4.79 Å². The lowest BCUT2D eigenvalue weighted by atomic mass is 9.64. The zero-order chi connectivity index (χ0) is 29.6. The topological polar surface area (TPSA) is 87.1 Å². The lowest BCUT2D eigenvalue weighted by molar-refractivity contribution is -0.0809. The van der Waals surface area contributed by atoms with E-state index in [0.29, 0.717) is 49.8 Å². The molecule has 1 fully saturated rings. The first-order chi connectivity index (χ1) is 19.6. The number of aliphatic hydroxyl groups is 2. The lowest BCUT2D eigenvalue weighted by Gasteiger charge is -2.46. The lowest BCUT2D eigenvalue weighted by Crippen LogP contribution is -2.54. The number of allylic oxidation sites excluding steroid dienone is 2. The van der Waals surface area contributed by atoms with E-state index in [-0.39, 0.29) is 24.9 Å². The third-order valence-corrected chi connectivity index (χ3v) is 9.42. The second kappa shape index (κ2) is 13.3. The fraction of sp³-hybridized carbons (Fsp3) is 0.543. The van der Waals surface area contributed by atoms with Crippen LogP contribution in [0.1, 0.15) is 106 Å². The monoisotopic (exact) mass is 561 g/mol. The summed E-state index contributed by atoms with van der Waals surface area (Å²) < 4.78 is 5.36. The molecule has 5 rings (SSSR count). The normalized spacial score (nSPS) is 26.5. The second-order valence-corrected chi connectivity index (χ2v) is 12.3. The van der Waals surface area contributed by atoms with E-state index in [1.54, 1.807) is 11.8 Å². The summed E-state index contributed by atoms with van der Waals surface area (Å²) in [6.07, 6.45) is 6.75. The number of ketones is 1. The number of hydrogen-bond donors (Lipinski definition) is 2. The quantitative estimate of drug-likeness (QED) is 0.286. The van der Waals surface area contributed by atoms with Gasteiger partial charge < -0.3 is 19.8 Å². The van der Waals surface area contributed by atoms with Crippen LogP contribution in [-0.2, 0) is 11.2 Å². The van der Waals surface area contributed by atoms with Gasteiger partial charge in [0.05, 0.1) is 24.9 Å². The number of ether oxygens (including phenoxy) is 1. The third kappa shape index (κ3) is 6.76. The first kappa shape index (κ1) is 31.0. The van der Waals surface area contributed by atoms with Crippen molar-refractivity contribution < 1.29 is 24.5 Å². The number of aliphatic hydroxyl groups excluding tert-OH is 1. The van der Waals surface area contributed by atoms with E-state index in [2.05, 4.69) is 26.0 Å². The van der Waals surface area contributed by atoms with Gasteiger partial charge in [0.2, 0.25) is 0 Å². The molecule has 6 nitrogen and oxygen atoms in total. The van der Waals surface area contributed by atoms with Crippen LogP contribution < -0.4 is 0 Å². The Morgan fingerprint density at radius 3 is 2.54 bits per heavy atom. The number of carbonyl (C=O) groups excluding carboxylic acids is 2. The number of amides is 1. The zero-order valence-corrected chi connectivity index (χ0v) is 25.2. The van der Waals surface area contributed by atoms with Gasteiger partial charge >= 0.3 is 6.09 Å². The van der Waals surface area contributed by atoms with Gasteiger partial charge in [-0.25, -0.2) is 4.79 Å². The van der Waals surface area contributed by atoms with Crippen molar-refractivity contribution in [3.05, 3.63) is 82.4 Å². The Morgan fingerprint density at radius 2 is 1.83 bits per heavy atom. The molecule has 1 saturated carbocycles. The number of fused-ring (bicyclic) bond motifs is 8. The number of nitrogens with zero attached hydrogens (tertiary/aromatic N) is 1. The van der Waals surface area contributed by atoms with E-state index in [4.69, 9.17) is 4.74 Å². The fourth-order valence-corrected chi connectivity index (χ4v) is 6.98. The Labute approximate surface area is 245 Å². The molecule has 0 aliphatic heterocycles. The highest BCUT2D eigenvalue weighted by atomic mass is 16.6. The highest BCUT2D eigenvalue weighted by Crippen LogP contribution is 2.58. The van der Waals surface area contributed by atoms with Gasteiger partial charge in [-0.1, -0.05) is 68.0 Å². The Kier molecular flexibility index (Phi) is 10.1. The summed E-state index contributed by atoms with van der Waals surface area (Å²) in [4.78, 5) is 28.5. The van der Waals surface area contributed by atoms with Crippen molar-refractivity contribution in [2.45, 2.75) is 96.7 Å². The molecule has 2 N–H and O–H groups in total. The SMILES string of the molecule is CCCN(C[C@]1(O)CC[C@H]2c3ccc(cc3C(=O)c3ccccc3)C[C@@H](O)CCC(C)=CCC[C@@]21C)C(=O)OCC. The predicted octanol–water partition coefficient (Wildman–Crippen LogP) is 6.82. The minimum Gasteiger partial charge on any atom is -0.450 e. The van der Waals surface area contributed by atoms with Crippen LogP contribution in [0.5, 0.6) is 0 Å². The summed E-state index contributed by atoms with van der Waals surface area (Å²) in [7, 11) is 0. The van der Waals surface area contributed by atoms with E-state index in [0.717, 1.165) is 30.4 Å². The minimum atomic E-state index is -1.15. The Hall–Kier alpha value is -2.96. The molecule has 0 saturated heterocycles. The van der Waals surface area contributed by atoms with Crippen LogP contribution in [0.2, 0.25) is 0 Å². The van der Waals surface area contributed by atoms with Crippen LogP contribution in [0, 0.1) is 5.41 Å². The van der Waals surface area contributed by atoms with E-state index < -0.39 is 23.2 Å². The largest absolute Gasteiger partial charge is 0.450 e. The maximum Gasteiger partial charge on any atom is 0.409 e. The van der Waals surface area contributed by atoms with Crippen molar-refractivity contribution in [1.29, 1.82) is 0 Å². The van der Waals surface area contributed by atoms with Crippen molar-refractivity contribution >= 4 is 11.9 Å². The van der Waals surface area contributed by atoms with Crippen molar-refractivity contribution in [3.8, 4) is 0 Å². The summed E-state index contributed by atoms with van der Waals surface area (Å²) in [5, 5.41) is 23.3. The van der Waals surface area contributed by atoms with E-state index in [9.17, 15) is 19.8 Å². The Morgan fingerprint density at radius 1 is 1.07 bits per heavy atom. The van der Waals surface area contributed by atoms with E-state index >= 15 is 0 Å². The molecule has 0 heterocycles. The summed E-state index contributed by atoms with van der Waals surface area (Å²) in [5.74, 6) is -0.131. The van der Waals surface area contributed by atoms with Crippen LogP contribution in [-0.4, -0.2) is 58.4 Å². The Bertz CT molecular complexity index is 1240. The smallest absolute Gasteiger partial charge is 0.409 e. The molecule has 0 aromatic heterocycles. The van der Waals surface area contributed by atoms with Gasteiger partial charge in [0.15, 0.2) is 5.78 Å². The summed E-state index contributed by atoms with van der Waals surface area (Å²) >= 11 is 0. The van der Waals surface area contributed by atoms with Crippen LogP contribution >= 0.6 is 0 Å². The van der Waals surface area contributed by atoms with Gasteiger partial charge in [0.25, 0.3) is 0 Å². The maximum atomic E-state index is 14.0. The number of rotatable bonds is 7. The highest BCUT2D eigenvalue weighted by molar-refractivity contribution is 6.10. The van der Waals surface area contributed by atoms with Gasteiger partial charge in [-0.15, -0.1) is 0 Å². The molecular weight excluding hydrogens is 514 g/mol. The molecule has 2 aromatic rings. The first-order valence-electron chi connectivity index (χ1n) is 15.3. The van der Waals surface area contributed by atoms with Crippen molar-refractivity contribution in [3.63, 3.8) is 0 Å². The van der Waals surface area contributed by atoms with Crippen LogP contribution in [0.4, 0.5) is 4.79 Å². The maximum absolute atomic E-state index is 14.0. The van der Waals surface area contributed by atoms with E-state index in [1.165, 1.54) is 5.57 Å². The summed E-state index contributed by atoms with van der Waals surface area (Å²) in [6, 6.07) is 15.4. The molecule has 0 spiro atoms. The molecule has 6 heteroatoms. The predicted molar refractivity (Wildman–Crippen MR) is 162 cm³/mol. The minimum absolute atomic E-state index is 0.0447. The average Bonchev–Trinajstić information content (AvgIpc) is 3.21. The van der Waals surface area contributed by atoms with Gasteiger partial charge in [0, 0.05) is 23.1 Å². The Balaban J connectivity index is 1.83. The van der Waals surface area contributed by atoms with Gasteiger partial charge in [0.1, 0.15) is 0 Å². The number of carbonyl (C=O) groups is 2. The van der Waals surface area contributed by atoms with Crippen molar-refractivity contribution in [2.24, 2.45) is 5.41 Å². The summed E-state index contributed by atoms with van der Waals surface area (Å²) in [6.45, 7) is 9.05. The van der Waals surface area contributed by atoms with Gasteiger partial charge in [-0.2, -0.15) is 0 Å². The summed E-state index contributed by atoms with van der Waals surface area (Å²) in [5.41, 5.74) is 2.62. The molecule has 1 amide bonds. The molecule has 3 aliphatic carbocycles. The number of benzene rings is 2. The van der Waals surface area contributed by atoms with Gasteiger partial charge in [-0.05, 0) is 88.3 Å². The van der Waals surface area contributed by atoms with Crippen LogP contribution in [0.3, 0.4) is 0 Å².